The average Bonchev–Trinajstić information content (AvgIpc) is 3.38. The highest BCUT2D eigenvalue weighted by Gasteiger charge is 2.30. The fourth-order valence-electron chi connectivity index (χ4n) is 4.19. The molecule has 1 fully saturated rings. The molecule has 2 aliphatic rings. The van der Waals surface area contributed by atoms with E-state index in [1.165, 1.54) is 11.0 Å². The van der Waals surface area contributed by atoms with Gasteiger partial charge in [0.2, 0.25) is 0 Å². The molecule has 0 radical (unpaired) electrons. The van der Waals surface area contributed by atoms with Gasteiger partial charge in [0.25, 0.3) is 11.8 Å². The summed E-state index contributed by atoms with van der Waals surface area (Å²) in [5, 5.41) is 0. The number of hydrogen-bond acceptors (Lipinski definition) is 3. The SMILES string of the molecule is O=C(c1ccc(/C=C2\Oc3ccccc3N(Cc3ccccc3F)C2=O)cc1)N1CCCC1. The van der Waals surface area contributed by atoms with Crippen molar-refractivity contribution in [3.63, 3.8) is 0 Å². The Morgan fingerprint density at radius 3 is 2.39 bits per heavy atom. The fraction of sp³-hybridized carbons (Fsp3) is 0.185. The molecule has 0 atom stereocenters. The van der Waals surface area contributed by atoms with E-state index >= 15 is 0 Å². The van der Waals surface area contributed by atoms with Gasteiger partial charge in [-0.2, -0.15) is 0 Å². The maximum atomic E-state index is 14.3. The van der Waals surface area contributed by atoms with E-state index in [4.69, 9.17) is 4.74 Å². The van der Waals surface area contributed by atoms with Crippen LogP contribution < -0.4 is 9.64 Å². The molecule has 33 heavy (non-hydrogen) atoms. The van der Waals surface area contributed by atoms with Crippen LogP contribution in [-0.4, -0.2) is 29.8 Å². The van der Waals surface area contributed by atoms with Crippen molar-refractivity contribution in [2.24, 2.45) is 0 Å². The number of anilines is 1. The molecule has 5 nitrogen and oxygen atoms in total. The summed E-state index contributed by atoms with van der Waals surface area (Å²) in [6.07, 6.45) is 3.73. The maximum Gasteiger partial charge on any atom is 0.294 e. The summed E-state index contributed by atoms with van der Waals surface area (Å²) >= 11 is 0. The van der Waals surface area contributed by atoms with Gasteiger partial charge in [-0.25, -0.2) is 4.39 Å². The first-order valence-electron chi connectivity index (χ1n) is 11.0. The number of hydrogen-bond donors (Lipinski definition) is 0. The van der Waals surface area contributed by atoms with Crippen LogP contribution in [0.1, 0.15) is 34.3 Å². The van der Waals surface area contributed by atoms with Gasteiger partial charge in [0, 0.05) is 24.2 Å². The molecule has 0 aliphatic carbocycles. The molecule has 6 heteroatoms. The molecule has 2 heterocycles. The lowest BCUT2D eigenvalue weighted by Crippen LogP contribution is -2.37. The second-order valence-electron chi connectivity index (χ2n) is 8.18. The average molecular weight is 442 g/mol. The van der Waals surface area contributed by atoms with Crippen molar-refractivity contribution in [2.45, 2.75) is 19.4 Å². The molecule has 3 aromatic carbocycles. The first kappa shape index (κ1) is 20.9. The Kier molecular flexibility index (Phi) is 5.65. The van der Waals surface area contributed by atoms with Crippen LogP contribution in [0.2, 0.25) is 0 Å². The zero-order chi connectivity index (χ0) is 22.8. The topological polar surface area (TPSA) is 49.9 Å². The minimum Gasteiger partial charge on any atom is -0.449 e. The monoisotopic (exact) mass is 442 g/mol. The summed E-state index contributed by atoms with van der Waals surface area (Å²) in [6, 6.07) is 20.8. The number of fused-ring (bicyclic) bond motifs is 1. The predicted octanol–water partition coefficient (Wildman–Crippen LogP) is 5.03. The van der Waals surface area contributed by atoms with Gasteiger partial charge in [-0.3, -0.25) is 14.5 Å². The first-order chi connectivity index (χ1) is 16.1. The Balaban J connectivity index is 1.43. The number of nitrogens with zero attached hydrogens (tertiary/aromatic N) is 2. The zero-order valence-electron chi connectivity index (χ0n) is 18.0. The third kappa shape index (κ3) is 4.24. The maximum absolute atomic E-state index is 14.3. The Hall–Kier alpha value is -3.93. The Labute approximate surface area is 191 Å². The second kappa shape index (κ2) is 8.90. The lowest BCUT2D eigenvalue weighted by molar-refractivity contribution is -0.117. The molecule has 0 spiro atoms. The van der Waals surface area contributed by atoms with Gasteiger partial charge in [-0.15, -0.1) is 0 Å². The molecule has 0 saturated carbocycles. The van der Waals surface area contributed by atoms with Crippen LogP contribution in [0, 0.1) is 5.82 Å². The van der Waals surface area contributed by atoms with Crippen LogP contribution in [-0.2, 0) is 11.3 Å². The van der Waals surface area contributed by atoms with Crippen molar-refractivity contribution in [3.05, 3.63) is 101 Å². The number of ether oxygens (including phenoxy) is 1. The second-order valence-corrected chi connectivity index (χ2v) is 8.18. The van der Waals surface area contributed by atoms with Gasteiger partial charge in [0.15, 0.2) is 11.5 Å². The Bertz CT molecular complexity index is 1230. The molecular weight excluding hydrogens is 419 g/mol. The van der Waals surface area contributed by atoms with Gasteiger partial charge in [0.05, 0.1) is 12.2 Å². The summed E-state index contributed by atoms with van der Waals surface area (Å²) in [7, 11) is 0. The summed E-state index contributed by atoms with van der Waals surface area (Å²) < 4.78 is 20.2. The fourth-order valence-corrected chi connectivity index (χ4v) is 4.19. The van der Waals surface area contributed by atoms with E-state index in [1.54, 1.807) is 60.7 Å². The third-order valence-corrected chi connectivity index (χ3v) is 5.97. The number of rotatable bonds is 4. The number of carbonyl (C=O) groups excluding carboxylic acids is 2. The quantitative estimate of drug-likeness (QED) is 0.533. The van der Waals surface area contributed by atoms with Crippen molar-refractivity contribution in [1.82, 2.24) is 4.90 Å². The van der Waals surface area contributed by atoms with Gasteiger partial charge in [0.1, 0.15) is 5.82 Å². The molecule has 3 aromatic rings. The molecule has 166 valence electrons. The highest BCUT2D eigenvalue weighted by atomic mass is 19.1. The van der Waals surface area contributed by atoms with Crippen LogP contribution in [0.25, 0.3) is 6.08 Å². The lowest BCUT2D eigenvalue weighted by atomic mass is 10.1. The van der Waals surface area contributed by atoms with Crippen LogP contribution in [0.3, 0.4) is 0 Å². The number of benzene rings is 3. The summed E-state index contributed by atoms with van der Waals surface area (Å²) in [4.78, 5) is 29.3. The van der Waals surface area contributed by atoms with Crippen LogP contribution in [0.5, 0.6) is 5.75 Å². The molecule has 5 rings (SSSR count). The Morgan fingerprint density at radius 1 is 0.939 bits per heavy atom. The first-order valence-corrected chi connectivity index (χ1v) is 11.0. The van der Waals surface area contributed by atoms with E-state index in [2.05, 4.69) is 0 Å². The lowest BCUT2D eigenvalue weighted by Gasteiger charge is -2.30. The van der Waals surface area contributed by atoms with Crippen LogP contribution in [0.15, 0.2) is 78.6 Å². The molecule has 2 aliphatic heterocycles. The van der Waals surface area contributed by atoms with Crippen molar-refractivity contribution in [1.29, 1.82) is 0 Å². The van der Waals surface area contributed by atoms with Gasteiger partial charge < -0.3 is 9.64 Å². The van der Waals surface area contributed by atoms with E-state index in [-0.39, 0.29) is 29.9 Å². The van der Waals surface area contributed by atoms with Crippen molar-refractivity contribution in [3.8, 4) is 5.75 Å². The van der Waals surface area contributed by atoms with Gasteiger partial charge in [-0.05, 0) is 54.8 Å². The molecule has 1 saturated heterocycles. The van der Waals surface area contributed by atoms with Crippen molar-refractivity contribution >= 4 is 23.6 Å². The van der Waals surface area contributed by atoms with E-state index < -0.39 is 0 Å². The molecule has 2 amide bonds. The minimum absolute atomic E-state index is 0.0293. The van der Waals surface area contributed by atoms with E-state index in [9.17, 15) is 14.0 Å². The summed E-state index contributed by atoms with van der Waals surface area (Å²) in [5.74, 6) is -0.0156. The highest BCUT2D eigenvalue weighted by Crippen LogP contribution is 2.36. The summed E-state index contributed by atoms with van der Waals surface area (Å²) in [5.41, 5.74) is 2.38. The zero-order valence-corrected chi connectivity index (χ0v) is 18.0. The largest absolute Gasteiger partial charge is 0.449 e. The molecular formula is C27H23FN2O3. The van der Waals surface area contributed by atoms with E-state index in [1.807, 2.05) is 17.0 Å². The van der Waals surface area contributed by atoms with E-state index in [0.29, 0.717) is 22.6 Å². The minimum atomic E-state index is -0.363. The van der Waals surface area contributed by atoms with Crippen molar-refractivity contribution < 1.29 is 18.7 Å². The van der Waals surface area contributed by atoms with Crippen LogP contribution >= 0.6 is 0 Å². The third-order valence-electron chi connectivity index (χ3n) is 5.97. The van der Waals surface area contributed by atoms with Crippen LogP contribution in [0.4, 0.5) is 10.1 Å². The smallest absolute Gasteiger partial charge is 0.294 e. The highest BCUT2D eigenvalue weighted by molar-refractivity contribution is 6.09. The predicted molar refractivity (Wildman–Crippen MR) is 124 cm³/mol. The number of halogens is 1. The number of likely N-dealkylation sites (tertiary alicyclic amines) is 1. The Morgan fingerprint density at radius 2 is 1.64 bits per heavy atom. The number of carbonyl (C=O) groups is 2. The number of para-hydroxylation sites is 2. The van der Waals surface area contributed by atoms with E-state index in [0.717, 1.165) is 31.5 Å². The molecule has 0 aromatic heterocycles. The normalized spacial score (nSPS) is 16.6. The molecule has 0 N–H and O–H groups in total. The molecule has 0 bridgehead atoms. The van der Waals surface area contributed by atoms with Gasteiger partial charge in [-0.1, -0.05) is 42.5 Å². The molecule has 0 unspecified atom stereocenters. The standard InChI is InChI=1S/C27H23FN2O3/c28-22-8-2-1-7-21(22)18-30-23-9-3-4-10-24(23)33-25(27(30)32)17-19-11-13-20(14-12-19)26(31)29-15-5-6-16-29/h1-4,7-14,17H,5-6,15-16,18H2/b25-17-. The van der Waals surface area contributed by atoms with Gasteiger partial charge >= 0.3 is 0 Å². The van der Waals surface area contributed by atoms with Crippen molar-refractivity contribution in [2.75, 3.05) is 18.0 Å². The number of amides is 2. The summed E-state index contributed by atoms with van der Waals surface area (Å²) in [6.45, 7) is 1.68.